The summed E-state index contributed by atoms with van der Waals surface area (Å²) in [5.41, 5.74) is 1.64. The van der Waals surface area contributed by atoms with Gasteiger partial charge >= 0.3 is 6.18 Å². The lowest BCUT2D eigenvalue weighted by Gasteiger charge is -2.33. The third-order valence-corrected chi connectivity index (χ3v) is 4.38. The monoisotopic (exact) mass is 357 g/mol. The number of benzene rings is 2. The summed E-state index contributed by atoms with van der Waals surface area (Å²) >= 11 is 3.64. The highest BCUT2D eigenvalue weighted by molar-refractivity contribution is 6.04. The number of hydrogen-bond donors (Lipinski definition) is 2. The fraction of sp³-hybridized carbons (Fsp3) is 0.333. The Bertz CT molecular complexity index is 616. The number of rotatable bonds is 2. The summed E-state index contributed by atoms with van der Waals surface area (Å²) in [6, 6.07) is 15.8. The van der Waals surface area contributed by atoms with Crippen molar-refractivity contribution in [3.63, 3.8) is 0 Å². The molecule has 130 valence electrons. The van der Waals surface area contributed by atoms with Gasteiger partial charge in [-0.15, -0.1) is 0 Å². The number of piperidine rings is 1. The first-order valence-corrected chi connectivity index (χ1v) is 7.99. The van der Waals surface area contributed by atoms with E-state index in [1.165, 1.54) is 17.7 Å². The van der Waals surface area contributed by atoms with Crippen molar-refractivity contribution in [2.75, 3.05) is 13.1 Å². The third kappa shape index (κ3) is 4.50. The van der Waals surface area contributed by atoms with Gasteiger partial charge in [0.15, 0.2) is 0 Å². The average molecular weight is 358 g/mol. The molecule has 1 fully saturated rings. The lowest BCUT2D eigenvalue weighted by atomic mass is 9.77. The zero-order valence-electron chi connectivity index (χ0n) is 12.9. The lowest BCUT2D eigenvalue weighted by molar-refractivity contribution is -0.137. The zero-order chi connectivity index (χ0) is 17.6. The van der Waals surface area contributed by atoms with Gasteiger partial charge in [0, 0.05) is 12.5 Å². The van der Waals surface area contributed by atoms with E-state index in [9.17, 15) is 13.2 Å². The molecule has 24 heavy (non-hydrogen) atoms. The Labute approximate surface area is 144 Å². The van der Waals surface area contributed by atoms with Crippen LogP contribution in [0.25, 0.3) is 0 Å². The fourth-order valence-electron chi connectivity index (χ4n) is 3.23. The molecule has 1 heterocycles. The highest BCUT2D eigenvalue weighted by Crippen LogP contribution is 2.38. The van der Waals surface area contributed by atoms with Crippen molar-refractivity contribution in [1.82, 2.24) is 5.32 Å². The van der Waals surface area contributed by atoms with Crippen molar-refractivity contribution in [2.24, 2.45) is 0 Å². The summed E-state index contributed by atoms with van der Waals surface area (Å²) in [7, 11) is 0. The second kappa shape index (κ2) is 8.51. The fourth-order valence-corrected chi connectivity index (χ4v) is 3.23. The maximum Gasteiger partial charge on any atom is 0.416 e. The van der Waals surface area contributed by atoms with Crippen LogP contribution in [0.1, 0.15) is 34.9 Å². The van der Waals surface area contributed by atoms with Gasteiger partial charge in [-0.3, -0.25) is 4.66 Å². The molecule has 0 unspecified atom stereocenters. The van der Waals surface area contributed by atoms with Crippen LogP contribution in [-0.4, -0.2) is 17.7 Å². The van der Waals surface area contributed by atoms with E-state index in [1.54, 1.807) is 12.1 Å². The van der Waals surface area contributed by atoms with E-state index in [2.05, 4.69) is 29.3 Å². The predicted molar refractivity (Wildman–Crippen MR) is 88.9 cm³/mol. The Morgan fingerprint density at radius 3 is 2.04 bits per heavy atom. The minimum atomic E-state index is -4.27. The number of nitrogens with one attached hydrogen (secondary N) is 1. The van der Waals surface area contributed by atoms with E-state index in [4.69, 9.17) is 4.66 Å². The molecular formula is C18H19ClF3NO. The summed E-state index contributed by atoms with van der Waals surface area (Å²) in [5, 5.41) is 3.39. The second-order valence-corrected chi connectivity index (χ2v) is 5.74. The Morgan fingerprint density at radius 1 is 0.875 bits per heavy atom. The van der Waals surface area contributed by atoms with Crippen LogP contribution >= 0.6 is 11.9 Å². The molecule has 2 aromatic carbocycles. The molecule has 0 spiro atoms. The van der Waals surface area contributed by atoms with Crippen LogP contribution in [0, 0.1) is 0 Å². The summed E-state index contributed by atoms with van der Waals surface area (Å²) in [6.07, 6.45) is -3.34. The quantitative estimate of drug-likeness (QED) is 0.816. The molecule has 0 saturated carbocycles. The number of hydrogen-bond acceptors (Lipinski definition) is 2. The van der Waals surface area contributed by atoms with Gasteiger partial charge in [-0.1, -0.05) is 42.5 Å². The van der Waals surface area contributed by atoms with Gasteiger partial charge < -0.3 is 5.32 Å². The minimum Gasteiger partial charge on any atom is -0.316 e. The Kier molecular flexibility index (Phi) is 6.66. The molecule has 1 saturated heterocycles. The van der Waals surface area contributed by atoms with Crippen molar-refractivity contribution in [3.8, 4) is 0 Å². The molecule has 0 amide bonds. The van der Waals surface area contributed by atoms with Gasteiger partial charge in [0.25, 0.3) is 0 Å². The average Bonchev–Trinajstić information content (AvgIpc) is 2.63. The molecule has 0 bridgehead atoms. The highest BCUT2D eigenvalue weighted by atomic mass is 35.5. The van der Waals surface area contributed by atoms with Crippen LogP contribution in [0.2, 0.25) is 0 Å². The molecule has 6 heteroatoms. The standard InChI is InChI=1S/C18H18F3N.ClHO/c19-18(20,21)15-8-6-14(7-9-15)16-10-11-22-12-17(16)13-4-2-1-3-5-13;1-2/h1-9,16-17,22H,10-12H2;2H/t16-,17-;/m0./s1. The highest BCUT2D eigenvalue weighted by Gasteiger charge is 2.32. The zero-order valence-corrected chi connectivity index (χ0v) is 13.7. The molecule has 1 aliphatic rings. The van der Waals surface area contributed by atoms with Crippen LogP contribution in [0.4, 0.5) is 13.2 Å². The topological polar surface area (TPSA) is 32.3 Å². The summed E-state index contributed by atoms with van der Waals surface area (Å²) in [6.45, 7) is 1.75. The molecule has 2 nitrogen and oxygen atoms in total. The van der Waals surface area contributed by atoms with E-state index in [-0.39, 0.29) is 5.92 Å². The smallest absolute Gasteiger partial charge is 0.316 e. The number of halogens is 4. The van der Waals surface area contributed by atoms with Crippen molar-refractivity contribution in [2.45, 2.75) is 24.4 Å². The SMILES string of the molecule is FC(F)(F)c1ccc([C@@H]2CCNC[C@H]2c2ccccc2)cc1.OCl. The maximum absolute atomic E-state index is 12.7. The van der Waals surface area contributed by atoms with Crippen molar-refractivity contribution < 1.29 is 17.8 Å². The van der Waals surface area contributed by atoms with Gasteiger partial charge in [0.05, 0.1) is 17.4 Å². The molecule has 2 aromatic rings. The van der Waals surface area contributed by atoms with Gasteiger partial charge in [-0.05, 0) is 42.1 Å². The molecule has 1 aliphatic heterocycles. The van der Waals surface area contributed by atoms with E-state index in [0.29, 0.717) is 5.92 Å². The summed E-state index contributed by atoms with van der Waals surface area (Å²) in [4.78, 5) is 0. The normalized spacial score (nSPS) is 20.9. The van der Waals surface area contributed by atoms with Crippen LogP contribution in [0.3, 0.4) is 0 Å². The first-order valence-electron chi connectivity index (χ1n) is 7.65. The largest absolute Gasteiger partial charge is 0.416 e. The Balaban J connectivity index is 0.00000100. The van der Waals surface area contributed by atoms with Crippen molar-refractivity contribution in [3.05, 3.63) is 71.3 Å². The first kappa shape index (κ1) is 18.8. The van der Waals surface area contributed by atoms with Crippen molar-refractivity contribution in [1.29, 1.82) is 0 Å². The predicted octanol–water partition coefficient (Wildman–Crippen LogP) is 4.70. The summed E-state index contributed by atoms with van der Waals surface area (Å²) < 4.78 is 44.6. The van der Waals surface area contributed by atoms with Gasteiger partial charge in [0.2, 0.25) is 0 Å². The molecule has 0 aliphatic carbocycles. The summed E-state index contributed by atoms with van der Waals surface area (Å²) in [5.74, 6) is 0.553. The molecule has 2 N–H and O–H groups in total. The molecular weight excluding hydrogens is 339 g/mol. The van der Waals surface area contributed by atoms with Gasteiger partial charge in [-0.25, -0.2) is 0 Å². The third-order valence-electron chi connectivity index (χ3n) is 4.38. The van der Waals surface area contributed by atoms with E-state index >= 15 is 0 Å². The molecule has 0 aromatic heterocycles. The van der Waals surface area contributed by atoms with Gasteiger partial charge in [0.1, 0.15) is 0 Å². The van der Waals surface area contributed by atoms with Crippen LogP contribution in [-0.2, 0) is 6.18 Å². The Morgan fingerprint density at radius 2 is 1.46 bits per heavy atom. The van der Waals surface area contributed by atoms with Crippen LogP contribution < -0.4 is 5.32 Å². The number of alkyl halides is 3. The van der Waals surface area contributed by atoms with E-state index < -0.39 is 11.7 Å². The minimum absolute atomic E-state index is 0.255. The van der Waals surface area contributed by atoms with E-state index in [0.717, 1.165) is 25.1 Å². The first-order chi connectivity index (χ1) is 11.6. The molecule has 3 rings (SSSR count). The maximum atomic E-state index is 12.7. The van der Waals surface area contributed by atoms with Crippen molar-refractivity contribution >= 4 is 11.9 Å². The Hall–Kier alpha value is -1.56. The van der Waals surface area contributed by atoms with E-state index in [1.807, 2.05) is 18.2 Å². The molecule has 0 radical (unpaired) electrons. The molecule has 2 atom stereocenters. The van der Waals surface area contributed by atoms with Crippen LogP contribution in [0.15, 0.2) is 54.6 Å². The van der Waals surface area contributed by atoms with Gasteiger partial charge in [-0.2, -0.15) is 13.2 Å². The lowest BCUT2D eigenvalue weighted by Crippen LogP contribution is -2.34. The van der Waals surface area contributed by atoms with Crippen LogP contribution in [0.5, 0.6) is 0 Å². The second-order valence-electron chi connectivity index (χ2n) is 5.74.